The Morgan fingerprint density at radius 1 is 1.03 bits per heavy atom. The van der Waals surface area contributed by atoms with Crippen molar-refractivity contribution in [1.82, 2.24) is 20.5 Å². The third-order valence-electron chi connectivity index (χ3n) is 5.36. The van der Waals surface area contributed by atoms with Gasteiger partial charge < -0.3 is 20.7 Å². The molecule has 1 fully saturated rings. The summed E-state index contributed by atoms with van der Waals surface area (Å²) in [5.41, 5.74) is 1.60. The van der Waals surface area contributed by atoms with Crippen LogP contribution in [0.3, 0.4) is 0 Å². The summed E-state index contributed by atoms with van der Waals surface area (Å²) in [5, 5.41) is 17.7. The lowest BCUT2D eigenvalue weighted by Gasteiger charge is -2.18. The Kier molecular flexibility index (Phi) is 5.97. The number of aromatic nitrogens is 3. The summed E-state index contributed by atoms with van der Waals surface area (Å²) >= 11 is 0. The highest BCUT2D eigenvalue weighted by Crippen LogP contribution is 2.51. The minimum Gasteiger partial charge on any atom is -0.496 e. The van der Waals surface area contributed by atoms with Crippen molar-refractivity contribution in [3.63, 3.8) is 0 Å². The molecule has 1 aliphatic rings. The van der Waals surface area contributed by atoms with E-state index >= 15 is 0 Å². The highest BCUT2D eigenvalue weighted by atomic mass is 16.5. The van der Waals surface area contributed by atoms with E-state index in [0.717, 1.165) is 35.5 Å². The van der Waals surface area contributed by atoms with E-state index in [1.165, 1.54) is 0 Å². The van der Waals surface area contributed by atoms with E-state index in [-0.39, 0.29) is 5.91 Å². The van der Waals surface area contributed by atoms with E-state index in [1.54, 1.807) is 13.3 Å². The summed E-state index contributed by atoms with van der Waals surface area (Å²) < 4.78 is 5.44. The first-order valence-corrected chi connectivity index (χ1v) is 10.3. The molecule has 0 spiro atoms. The largest absolute Gasteiger partial charge is 0.496 e. The molecule has 8 heteroatoms. The van der Waals surface area contributed by atoms with Crippen molar-refractivity contribution in [2.75, 3.05) is 30.8 Å². The average Bonchev–Trinajstić information content (AvgIpc) is 3.60. The van der Waals surface area contributed by atoms with E-state index in [0.29, 0.717) is 24.7 Å². The molecule has 0 radical (unpaired) electrons. The number of ether oxygens (including phenoxy) is 1. The first-order chi connectivity index (χ1) is 15.1. The molecule has 160 valence electrons. The van der Waals surface area contributed by atoms with Crippen molar-refractivity contribution in [1.29, 1.82) is 0 Å². The summed E-state index contributed by atoms with van der Waals surface area (Å²) in [4.78, 5) is 17.1. The summed E-state index contributed by atoms with van der Waals surface area (Å²) in [5.74, 6) is 2.78. The minimum absolute atomic E-state index is 0.0371. The highest BCUT2D eigenvalue weighted by molar-refractivity contribution is 5.92. The molecule has 0 atom stereocenters. The Bertz CT molecular complexity index is 1050. The van der Waals surface area contributed by atoms with Crippen LogP contribution in [-0.4, -0.2) is 41.3 Å². The summed E-state index contributed by atoms with van der Waals surface area (Å²) in [7, 11) is 1.63. The summed E-state index contributed by atoms with van der Waals surface area (Å²) in [6.07, 6.45) is 3.42. The van der Waals surface area contributed by atoms with Crippen LogP contribution in [0, 0.1) is 6.92 Å². The van der Waals surface area contributed by atoms with E-state index in [9.17, 15) is 4.79 Å². The number of para-hydroxylation sites is 1. The smallest absolute Gasteiger partial charge is 0.230 e. The number of amides is 1. The Morgan fingerprint density at radius 2 is 1.81 bits per heavy atom. The predicted octanol–water partition coefficient (Wildman–Crippen LogP) is 3.19. The fourth-order valence-corrected chi connectivity index (χ4v) is 3.55. The van der Waals surface area contributed by atoms with E-state index < -0.39 is 5.41 Å². The highest BCUT2D eigenvalue weighted by Gasteiger charge is 2.52. The lowest BCUT2D eigenvalue weighted by Crippen LogP contribution is -2.37. The first kappa shape index (κ1) is 20.6. The Hall–Kier alpha value is -3.68. The van der Waals surface area contributed by atoms with Crippen LogP contribution >= 0.6 is 0 Å². The van der Waals surface area contributed by atoms with E-state index in [1.807, 2.05) is 55.5 Å². The normalized spacial score (nSPS) is 13.9. The van der Waals surface area contributed by atoms with Gasteiger partial charge in [0, 0.05) is 24.8 Å². The van der Waals surface area contributed by atoms with E-state index in [4.69, 9.17) is 4.74 Å². The van der Waals surface area contributed by atoms with E-state index in [2.05, 4.69) is 31.1 Å². The van der Waals surface area contributed by atoms with Gasteiger partial charge in [0.15, 0.2) is 5.82 Å². The number of anilines is 3. The molecule has 2 aromatic heterocycles. The lowest BCUT2D eigenvalue weighted by molar-refractivity contribution is -0.123. The van der Waals surface area contributed by atoms with Crippen molar-refractivity contribution in [3.05, 3.63) is 65.9 Å². The third kappa shape index (κ3) is 4.74. The number of pyridine rings is 1. The molecule has 1 aliphatic carbocycles. The molecule has 1 amide bonds. The standard InChI is InChI=1S/C23H26N6O2/c1-16-9-12-24-21(15-16)27-20-8-7-19(28-29-20)25-13-14-26-22(30)23(10-11-23)17-5-3-4-6-18(17)31-2/h3-9,12,15H,10-11,13-14H2,1-2H3,(H,25,28)(H,26,30)(H,24,27,29). The van der Waals surface area contributed by atoms with Crippen molar-refractivity contribution < 1.29 is 9.53 Å². The predicted molar refractivity (Wildman–Crippen MR) is 120 cm³/mol. The van der Waals surface area contributed by atoms with Crippen LogP contribution in [0.15, 0.2) is 54.7 Å². The van der Waals surface area contributed by atoms with Gasteiger partial charge in [-0.1, -0.05) is 18.2 Å². The molecule has 0 saturated heterocycles. The zero-order valence-electron chi connectivity index (χ0n) is 17.7. The van der Waals surface area contributed by atoms with Gasteiger partial charge in [-0.2, -0.15) is 0 Å². The van der Waals surface area contributed by atoms with Crippen LogP contribution in [0.25, 0.3) is 0 Å². The fraction of sp³-hybridized carbons (Fsp3) is 0.304. The zero-order chi connectivity index (χ0) is 21.7. The number of rotatable bonds is 9. The lowest BCUT2D eigenvalue weighted by atomic mass is 9.94. The number of methoxy groups -OCH3 is 1. The number of aryl methyl sites for hydroxylation is 1. The van der Waals surface area contributed by atoms with Crippen molar-refractivity contribution in [2.24, 2.45) is 0 Å². The van der Waals surface area contributed by atoms with Gasteiger partial charge in [0.05, 0.1) is 12.5 Å². The fourth-order valence-electron chi connectivity index (χ4n) is 3.55. The molecule has 0 aliphatic heterocycles. The van der Waals surface area contributed by atoms with Crippen molar-refractivity contribution >= 4 is 23.4 Å². The molecule has 3 N–H and O–H groups in total. The molecule has 3 aromatic rings. The molecule has 8 nitrogen and oxygen atoms in total. The SMILES string of the molecule is COc1ccccc1C1(C(=O)NCCNc2ccc(Nc3cc(C)ccn3)nn2)CC1. The molecule has 31 heavy (non-hydrogen) atoms. The number of hydrogen-bond donors (Lipinski definition) is 3. The average molecular weight is 419 g/mol. The van der Waals surface area contributed by atoms with Gasteiger partial charge in [-0.3, -0.25) is 4.79 Å². The molecular formula is C23H26N6O2. The number of nitrogens with zero attached hydrogens (tertiary/aromatic N) is 3. The van der Waals surface area contributed by atoms with Crippen LogP contribution in [0.4, 0.5) is 17.5 Å². The van der Waals surface area contributed by atoms with Crippen LogP contribution in [0.2, 0.25) is 0 Å². The van der Waals surface area contributed by atoms with Crippen LogP contribution in [-0.2, 0) is 10.2 Å². The second-order valence-electron chi connectivity index (χ2n) is 7.61. The van der Waals surface area contributed by atoms with Crippen molar-refractivity contribution in [2.45, 2.75) is 25.2 Å². The Morgan fingerprint density at radius 3 is 2.52 bits per heavy atom. The first-order valence-electron chi connectivity index (χ1n) is 10.3. The minimum atomic E-state index is -0.469. The Balaban J connectivity index is 1.26. The molecular weight excluding hydrogens is 392 g/mol. The van der Waals surface area contributed by atoms with Crippen molar-refractivity contribution in [3.8, 4) is 5.75 Å². The zero-order valence-corrected chi connectivity index (χ0v) is 17.7. The molecule has 4 rings (SSSR count). The second-order valence-corrected chi connectivity index (χ2v) is 7.61. The van der Waals surface area contributed by atoms with Gasteiger partial charge in [-0.05, 0) is 55.7 Å². The molecule has 1 aromatic carbocycles. The number of benzene rings is 1. The number of nitrogens with one attached hydrogen (secondary N) is 3. The molecule has 1 saturated carbocycles. The molecule has 0 unspecified atom stereocenters. The number of hydrogen-bond acceptors (Lipinski definition) is 7. The Labute approximate surface area is 181 Å². The number of carbonyl (C=O) groups is 1. The molecule has 0 bridgehead atoms. The second kappa shape index (κ2) is 8.99. The summed E-state index contributed by atoms with van der Waals surface area (Å²) in [6, 6.07) is 15.3. The van der Waals surface area contributed by atoms with Gasteiger partial charge in [-0.25, -0.2) is 4.98 Å². The monoisotopic (exact) mass is 418 g/mol. The van der Waals surface area contributed by atoms with Crippen LogP contribution < -0.4 is 20.7 Å². The van der Waals surface area contributed by atoms with Crippen LogP contribution in [0.5, 0.6) is 5.75 Å². The summed E-state index contributed by atoms with van der Waals surface area (Å²) in [6.45, 7) is 3.05. The molecule has 2 heterocycles. The van der Waals surface area contributed by atoms with Gasteiger partial charge in [0.25, 0.3) is 0 Å². The topological polar surface area (TPSA) is 101 Å². The van der Waals surface area contributed by atoms with Crippen LogP contribution in [0.1, 0.15) is 24.0 Å². The quantitative estimate of drug-likeness (QED) is 0.459. The maximum atomic E-state index is 12.8. The van der Waals surface area contributed by atoms with Gasteiger partial charge in [0.1, 0.15) is 17.4 Å². The third-order valence-corrected chi connectivity index (χ3v) is 5.36. The van der Waals surface area contributed by atoms with Gasteiger partial charge in [0.2, 0.25) is 5.91 Å². The maximum absolute atomic E-state index is 12.8. The number of carbonyl (C=O) groups excluding carboxylic acids is 1. The van der Waals surface area contributed by atoms with Gasteiger partial charge >= 0.3 is 0 Å². The maximum Gasteiger partial charge on any atom is 0.230 e. The van der Waals surface area contributed by atoms with Gasteiger partial charge in [-0.15, -0.1) is 10.2 Å².